The van der Waals surface area contributed by atoms with Gasteiger partial charge in [-0.05, 0) is 23.8 Å². The largest absolute Gasteiger partial charge is 0.224 e. The molecule has 0 aromatic heterocycles. The zero-order chi connectivity index (χ0) is 10.8. The van der Waals surface area contributed by atoms with Gasteiger partial charge in [-0.15, -0.1) is 0 Å². The molecule has 0 unspecified atom stereocenters. The molecule has 0 saturated heterocycles. The third-order valence-electron chi connectivity index (χ3n) is 1.71. The second-order valence-electron chi connectivity index (χ2n) is 2.86. The second-order valence-corrected chi connectivity index (χ2v) is 5.28. The first-order valence-corrected chi connectivity index (χ1v) is 6.07. The van der Waals surface area contributed by atoms with Crippen LogP contribution in [0.2, 0.25) is 5.02 Å². The molecule has 0 aliphatic carbocycles. The first-order chi connectivity index (χ1) is 6.45. The van der Waals surface area contributed by atoms with Crippen molar-refractivity contribution in [2.75, 3.05) is 6.26 Å². The van der Waals surface area contributed by atoms with Crippen LogP contribution in [0.3, 0.4) is 0 Å². The minimum Gasteiger partial charge on any atom is -0.224 e. The Kier molecular flexibility index (Phi) is 3.14. The maximum Gasteiger partial charge on any atom is 0.175 e. The molecular weight excluding hydrogens is 222 g/mol. The Bertz CT molecular complexity index is 488. The van der Waals surface area contributed by atoms with E-state index in [1.54, 1.807) is 0 Å². The molecule has 0 N–H and O–H groups in total. The van der Waals surface area contributed by atoms with E-state index in [2.05, 4.69) is 0 Å². The fourth-order valence-electron chi connectivity index (χ4n) is 1.00. The van der Waals surface area contributed by atoms with Crippen molar-refractivity contribution in [3.05, 3.63) is 28.8 Å². The number of sulfone groups is 1. The predicted octanol–water partition coefficient (Wildman–Crippen LogP) is 1.81. The van der Waals surface area contributed by atoms with Crippen LogP contribution in [0.25, 0.3) is 0 Å². The summed E-state index contributed by atoms with van der Waals surface area (Å²) in [6.07, 6.45) is 1.23. The molecule has 0 fully saturated rings. The SMILES string of the molecule is CS(=O)(=O)c1ccc(Cl)c(CC#N)c1. The molecule has 0 aliphatic heterocycles. The number of rotatable bonds is 2. The van der Waals surface area contributed by atoms with Crippen molar-refractivity contribution in [2.24, 2.45) is 0 Å². The van der Waals surface area contributed by atoms with Gasteiger partial charge in [-0.2, -0.15) is 5.26 Å². The van der Waals surface area contributed by atoms with Crippen LogP contribution in [0.1, 0.15) is 5.56 Å². The van der Waals surface area contributed by atoms with E-state index >= 15 is 0 Å². The van der Waals surface area contributed by atoms with Gasteiger partial charge in [0.15, 0.2) is 9.84 Å². The number of nitriles is 1. The van der Waals surface area contributed by atoms with Crippen LogP contribution in [0.5, 0.6) is 0 Å². The van der Waals surface area contributed by atoms with Gasteiger partial charge in [-0.1, -0.05) is 11.6 Å². The van der Waals surface area contributed by atoms with Crippen molar-refractivity contribution in [1.29, 1.82) is 5.26 Å². The Labute approximate surface area is 87.8 Å². The molecule has 0 saturated carbocycles. The van der Waals surface area contributed by atoms with E-state index in [0.717, 1.165) is 6.26 Å². The Balaban J connectivity index is 3.28. The van der Waals surface area contributed by atoms with E-state index in [9.17, 15) is 8.42 Å². The molecule has 1 rings (SSSR count). The Morgan fingerprint density at radius 3 is 2.64 bits per heavy atom. The average Bonchev–Trinajstić information content (AvgIpc) is 2.07. The zero-order valence-corrected chi connectivity index (χ0v) is 9.06. The molecule has 14 heavy (non-hydrogen) atoms. The predicted molar refractivity (Wildman–Crippen MR) is 53.9 cm³/mol. The quantitative estimate of drug-likeness (QED) is 0.777. The molecule has 0 bridgehead atoms. The zero-order valence-electron chi connectivity index (χ0n) is 7.49. The van der Waals surface area contributed by atoms with E-state index in [1.165, 1.54) is 18.2 Å². The van der Waals surface area contributed by atoms with Crippen molar-refractivity contribution in [3.63, 3.8) is 0 Å². The molecule has 0 spiro atoms. The standard InChI is InChI=1S/C9H8ClNO2S/c1-14(12,13)8-2-3-9(10)7(6-8)4-5-11/h2-3,6H,4H2,1H3. The molecule has 0 radical (unpaired) electrons. The van der Waals surface area contributed by atoms with Crippen LogP contribution in [0, 0.1) is 11.3 Å². The van der Waals surface area contributed by atoms with E-state index in [4.69, 9.17) is 16.9 Å². The van der Waals surface area contributed by atoms with E-state index in [-0.39, 0.29) is 11.3 Å². The minimum absolute atomic E-state index is 0.113. The maximum absolute atomic E-state index is 11.2. The highest BCUT2D eigenvalue weighted by Crippen LogP contribution is 2.20. The van der Waals surface area contributed by atoms with E-state index in [0.29, 0.717) is 10.6 Å². The molecule has 1 aromatic rings. The maximum atomic E-state index is 11.2. The molecule has 74 valence electrons. The monoisotopic (exact) mass is 229 g/mol. The van der Waals surface area contributed by atoms with Crippen LogP contribution in [0.4, 0.5) is 0 Å². The third-order valence-corrected chi connectivity index (χ3v) is 3.19. The van der Waals surface area contributed by atoms with Crippen molar-refractivity contribution in [1.82, 2.24) is 0 Å². The van der Waals surface area contributed by atoms with Gasteiger partial charge >= 0.3 is 0 Å². The van der Waals surface area contributed by atoms with Crippen molar-refractivity contribution in [3.8, 4) is 6.07 Å². The van der Waals surface area contributed by atoms with Gasteiger partial charge in [0.05, 0.1) is 17.4 Å². The first kappa shape index (κ1) is 11.0. The Morgan fingerprint density at radius 2 is 2.14 bits per heavy atom. The smallest absolute Gasteiger partial charge is 0.175 e. The Morgan fingerprint density at radius 1 is 1.50 bits per heavy atom. The van der Waals surface area contributed by atoms with Crippen LogP contribution in [-0.2, 0) is 16.3 Å². The number of hydrogen-bond acceptors (Lipinski definition) is 3. The van der Waals surface area contributed by atoms with Crippen LogP contribution >= 0.6 is 11.6 Å². The highest BCUT2D eigenvalue weighted by atomic mass is 35.5. The van der Waals surface area contributed by atoms with Crippen LogP contribution in [-0.4, -0.2) is 14.7 Å². The molecule has 0 heterocycles. The minimum atomic E-state index is -3.23. The average molecular weight is 230 g/mol. The summed E-state index contributed by atoms with van der Waals surface area (Å²) in [6.45, 7) is 0. The molecule has 3 nitrogen and oxygen atoms in total. The number of hydrogen-bond donors (Lipinski definition) is 0. The van der Waals surface area contributed by atoms with Crippen molar-refractivity contribution in [2.45, 2.75) is 11.3 Å². The Hall–Kier alpha value is -1.05. The van der Waals surface area contributed by atoms with E-state index < -0.39 is 9.84 Å². The lowest BCUT2D eigenvalue weighted by molar-refractivity contribution is 0.602. The number of halogens is 1. The summed E-state index contributed by atoms with van der Waals surface area (Å²) in [5.41, 5.74) is 0.539. The van der Waals surface area contributed by atoms with Gasteiger partial charge in [-0.3, -0.25) is 0 Å². The van der Waals surface area contributed by atoms with E-state index in [1.807, 2.05) is 6.07 Å². The second kappa shape index (κ2) is 3.99. The lowest BCUT2D eigenvalue weighted by atomic mass is 10.2. The topological polar surface area (TPSA) is 57.9 Å². The summed E-state index contributed by atoms with van der Waals surface area (Å²) in [4.78, 5) is 0.187. The fraction of sp³-hybridized carbons (Fsp3) is 0.222. The number of benzene rings is 1. The van der Waals surface area contributed by atoms with Gasteiger partial charge in [0.25, 0.3) is 0 Å². The third kappa shape index (κ3) is 2.47. The summed E-state index contributed by atoms with van der Waals surface area (Å²) >= 11 is 5.78. The lowest BCUT2D eigenvalue weighted by Gasteiger charge is -2.02. The molecule has 1 aromatic carbocycles. The van der Waals surface area contributed by atoms with Crippen LogP contribution in [0.15, 0.2) is 23.1 Å². The summed E-state index contributed by atoms with van der Waals surface area (Å²) in [5, 5.41) is 8.90. The highest BCUT2D eigenvalue weighted by Gasteiger charge is 2.09. The lowest BCUT2D eigenvalue weighted by Crippen LogP contribution is -1.98. The molecule has 5 heteroatoms. The van der Waals surface area contributed by atoms with Gasteiger partial charge in [0, 0.05) is 11.3 Å². The molecule has 0 amide bonds. The van der Waals surface area contributed by atoms with Gasteiger partial charge < -0.3 is 0 Å². The van der Waals surface area contributed by atoms with Crippen LogP contribution < -0.4 is 0 Å². The van der Waals surface area contributed by atoms with Gasteiger partial charge in [0.1, 0.15) is 0 Å². The van der Waals surface area contributed by atoms with Gasteiger partial charge in [-0.25, -0.2) is 8.42 Å². The fourth-order valence-corrected chi connectivity index (χ4v) is 1.86. The number of nitrogens with zero attached hydrogens (tertiary/aromatic N) is 1. The molecular formula is C9H8ClNO2S. The summed E-state index contributed by atoms with van der Waals surface area (Å²) < 4.78 is 22.3. The van der Waals surface area contributed by atoms with Crippen molar-refractivity contribution >= 4 is 21.4 Å². The first-order valence-electron chi connectivity index (χ1n) is 3.80. The summed E-state index contributed by atoms with van der Waals surface area (Å²) in [5.74, 6) is 0. The summed E-state index contributed by atoms with van der Waals surface area (Å²) in [6, 6.07) is 6.28. The normalized spacial score (nSPS) is 10.9. The summed E-state index contributed by atoms with van der Waals surface area (Å²) in [7, 11) is -3.23. The molecule has 0 atom stereocenters. The van der Waals surface area contributed by atoms with Crippen molar-refractivity contribution < 1.29 is 8.42 Å². The van der Waals surface area contributed by atoms with Gasteiger partial charge in [0.2, 0.25) is 0 Å². The highest BCUT2D eigenvalue weighted by molar-refractivity contribution is 7.90. The molecule has 0 aliphatic rings.